The largest absolute Gasteiger partial charge is 0.381 e. The van der Waals surface area contributed by atoms with Crippen molar-refractivity contribution in [2.75, 3.05) is 23.8 Å². The van der Waals surface area contributed by atoms with Gasteiger partial charge < -0.3 is 15.4 Å². The summed E-state index contributed by atoms with van der Waals surface area (Å²) in [5.74, 6) is 2.40. The number of hydrogen-bond acceptors (Lipinski definition) is 6. The van der Waals surface area contributed by atoms with Crippen molar-refractivity contribution < 1.29 is 4.74 Å². The highest BCUT2D eigenvalue weighted by Gasteiger charge is 2.16. The number of nitrogens with one attached hydrogen (secondary N) is 2. The molecular formula is C21H24BrN5O. The van der Waals surface area contributed by atoms with Crippen LogP contribution in [0.25, 0.3) is 10.9 Å². The molecule has 1 aromatic carbocycles. The number of benzene rings is 1. The average molecular weight is 442 g/mol. The SMILES string of the molecule is Cc1nc(N[C@H](C)c2cccc(Br)c2)c2cc(NC3CCOCC3)ncc2n1. The molecule has 1 atom stereocenters. The highest BCUT2D eigenvalue weighted by atomic mass is 79.9. The number of aromatic nitrogens is 3. The fourth-order valence-electron chi connectivity index (χ4n) is 3.45. The number of rotatable bonds is 5. The lowest BCUT2D eigenvalue weighted by Gasteiger charge is -2.24. The minimum Gasteiger partial charge on any atom is -0.381 e. The predicted octanol–water partition coefficient (Wildman–Crippen LogP) is 4.86. The summed E-state index contributed by atoms with van der Waals surface area (Å²) in [5, 5.41) is 8.05. The van der Waals surface area contributed by atoms with E-state index in [1.165, 1.54) is 5.56 Å². The van der Waals surface area contributed by atoms with Gasteiger partial charge in [0.1, 0.15) is 17.5 Å². The molecule has 0 spiro atoms. The van der Waals surface area contributed by atoms with E-state index in [1.54, 1.807) is 0 Å². The average Bonchev–Trinajstić information content (AvgIpc) is 2.69. The molecule has 3 heterocycles. The van der Waals surface area contributed by atoms with E-state index in [1.807, 2.05) is 31.3 Å². The van der Waals surface area contributed by atoms with Gasteiger partial charge in [0.15, 0.2) is 0 Å². The summed E-state index contributed by atoms with van der Waals surface area (Å²) in [7, 11) is 0. The summed E-state index contributed by atoms with van der Waals surface area (Å²) in [5.41, 5.74) is 2.03. The Morgan fingerprint density at radius 3 is 2.79 bits per heavy atom. The Morgan fingerprint density at radius 1 is 1.18 bits per heavy atom. The van der Waals surface area contributed by atoms with Gasteiger partial charge in [-0.15, -0.1) is 0 Å². The van der Waals surface area contributed by atoms with Gasteiger partial charge in [-0.05, 0) is 50.5 Å². The first-order valence-electron chi connectivity index (χ1n) is 9.59. The van der Waals surface area contributed by atoms with Gasteiger partial charge in [-0.25, -0.2) is 15.0 Å². The van der Waals surface area contributed by atoms with E-state index in [9.17, 15) is 0 Å². The minimum absolute atomic E-state index is 0.107. The predicted molar refractivity (Wildman–Crippen MR) is 116 cm³/mol. The highest BCUT2D eigenvalue weighted by molar-refractivity contribution is 9.10. The molecule has 7 heteroatoms. The second-order valence-corrected chi connectivity index (χ2v) is 8.07. The molecule has 1 saturated heterocycles. The van der Waals surface area contributed by atoms with Crippen LogP contribution in [0.15, 0.2) is 41.0 Å². The van der Waals surface area contributed by atoms with E-state index in [4.69, 9.17) is 4.74 Å². The first-order chi connectivity index (χ1) is 13.6. The summed E-state index contributed by atoms with van der Waals surface area (Å²) < 4.78 is 6.50. The van der Waals surface area contributed by atoms with Gasteiger partial charge in [-0.1, -0.05) is 28.1 Å². The van der Waals surface area contributed by atoms with E-state index >= 15 is 0 Å². The number of hydrogen-bond donors (Lipinski definition) is 2. The lowest BCUT2D eigenvalue weighted by molar-refractivity contribution is 0.0904. The summed E-state index contributed by atoms with van der Waals surface area (Å²) in [6.07, 6.45) is 3.81. The van der Waals surface area contributed by atoms with Crippen LogP contribution < -0.4 is 10.6 Å². The van der Waals surface area contributed by atoms with Crippen LogP contribution in [0.5, 0.6) is 0 Å². The van der Waals surface area contributed by atoms with E-state index in [0.29, 0.717) is 6.04 Å². The number of fused-ring (bicyclic) bond motifs is 1. The number of ether oxygens (including phenoxy) is 1. The van der Waals surface area contributed by atoms with Crippen molar-refractivity contribution in [3.05, 3.63) is 52.4 Å². The maximum Gasteiger partial charge on any atom is 0.138 e. The van der Waals surface area contributed by atoms with Crippen molar-refractivity contribution in [1.29, 1.82) is 0 Å². The van der Waals surface area contributed by atoms with Crippen LogP contribution >= 0.6 is 15.9 Å². The van der Waals surface area contributed by atoms with Crippen LogP contribution in [0.3, 0.4) is 0 Å². The van der Waals surface area contributed by atoms with Crippen molar-refractivity contribution in [2.45, 2.75) is 38.8 Å². The zero-order chi connectivity index (χ0) is 19.5. The van der Waals surface area contributed by atoms with Gasteiger partial charge >= 0.3 is 0 Å². The third-order valence-corrected chi connectivity index (χ3v) is 5.46. The Kier molecular flexibility index (Phi) is 5.73. The van der Waals surface area contributed by atoms with Gasteiger partial charge in [0.2, 0.25) is 0 Å². The molecular weight excluding hydrogens is 418 g/mol. The van der Waals surface area contributed by atoms with Crippen molar-refractivity contribution in [1.82, 2.24) is 15.0 Å². The molecule has 3 aromatic rings. The fourth-order valence-corrected chi connectivity index (χ4v) is 3.87. The Hall–Kier alpha value is -2.25. The van der Waals surface area contributed by atoms with Crippen molar-refractivity contribution in [3.8, 4) is 0 Å². The van der Waals surface area contributed by atoms with Gasteiger partial charge in [-0.2, -0.15) is 0 Å². The van der Waals surface area contributed by atoms with E-state index in [0.717, 1.165) is 58.9 Å². The lowest BCUT2D eigenvalue weighted by atomic mass is 10.1. The summed E-state index contributed by atoms with van der Waals surface area (Å²) in [4.78, 5) is 13.8. The molecule has 1 aliphatic rings. The van der Waals surface area contributed by atoms with E-state index in [2.05, 4.69) is 60.6 Å². The highest BCUT2D eigenvalue weighted by Crippen LogP contribution is 2.27. The molecule has 2 N–H and O–H groups in total. The van der Waals surface area contributed by atoms with Gasteiger partial charge in [-0.3, -0.25) is 0 Å². The molecule has 0 amide bonds. The number of halogens is 1. The zero-order valence-corrected chi connectivity index (χ0v) is 17.7. The molecule has 6 nitrogen and oxygen atoms in total. The molecule has 0 saturated carbocycles. The lowest BCUT2D eigenvalue weighted by Crippen LogP contribution is -2.28. The van der Waals surface area contributed by atoms with Gasteiger partial charge in [0, 0.05) is 29.1 Å². The van der Waals surface area contributed by atoms with Crippen molar-refractivity contribution in [2.24, 2.45) is 0 Å². The monoisotopic (exact) mass is 441 g/mol. The second kappa shape index (κ2) is 8.41. The van der Waals surface area contributed by atoms with Crippen LogP contribution in [-0.4, -0.2) is 34.2 Å². The quantitative estimate of drug-likeness (QED) is 0.588. The Morgan fingerprint density at radius 2 is 2.00 bits per heavy atom. The normalized spacial score (nSPS) is 16.1. The Balaban J connectivity index is 1.63. The van der Waals surface area contributed by atoms with Crippen LogP contribution in [-0.2, 0) is 4.74 Å². The smallest absolute Gasteiger partial charge is 0.138 e. The number of nitrogens with zero attached hydrogens (tertiary/aromatic N) is 3. The standard InChI is InChI=1S/C21H24BrN5O/c1-13(15-4-3-5-16(22)10-15)24-21-18-11-20(27-17-6-8-28-9-7-17)23-12-19(18)25-14(2)26-21/h3-5,10-13,17H,6-9H2,1-2H3,(H,23,27)(H,24,25,26)/t13-/m1/s1. The molecule has 0 bridgehead atoms. The van der Waals surface area contributed by atoms with Crippen LogP contribution in [0.4, 0.5) is 11.6 Å². The van der Waals surface area contributed by atoms with Gasteiger partial charge in [0.05, 0.1) is 17.8 Å². The van der Waals surface area contributed by atoms with Crippen LogP contribution in [0.1, 0.15) is 37.2 Å². The number of aryl methyl sites for hydroxylation is 1. The fraction of sp³-hybridized carbons (Fsp3) is 0.381. The second-order valence-electron chi connectivity index (χ2n) is 7.16. The molecule has 0 unspecified atom stereocenters. The molecule has 1 fully saturated rings. The first-order valence-corrected chi connectivity index (χ1v) is 10.4. The van der Waals surface area contributed by atoms with E-state index < -0.39 is 0 Å². The van der Waals surface area contributed by atoms with Crippen LogP contribution in [0.2, 0.25) is 0 Å². The summed E-state index contributed by atoms with van der Waals surface area (Å²) in [6.45, 7) is 5.63. The molecule has 28 heavy (non-hydrogen) atoms. The van der Waals surface area contributed by atoms with E-state index in [-0.39, 0.29) is 6.04 Å². The first kappa shape index (κ1) is 19.1. The molecule has 1 aliphatic heterocycles. The van der Waals surface area contributed by atoms with Crippen molar-refractivity contribution >= 4 is 38.5 Å². The Labute approximate surface area is 173 Å². The van der Waals surface area contributed by atoms with Crippen LogP contribution in [0, 0.1) is 6.92 Å². The summed E-state index contributed by atoms with van der Waals surface area (Å²) in [6, 6.07) is 10.8. The zero-order valence-electron chi connectivity index (χ0n) is 16.1. The minimum atomic E-state index is 0.107. The Bertz CT molecular complexity index is 974. The van der Waals surface area contributed by atoms with Gasteiger partial charge in [0.25, 0.3) is 0 Å². The maximum absolute atomic E-state index is 5.44. The third-order valence-electron chi connectivity index (χ3n) is 4.97. The topological polar surface area (TPSA) is 72.0 Å². The maximum atomic E-state index is 5.44. The number of pyridine rings is 1. The third kappa shape index (κ3) is 4.42. The van der Waals surface area contributed by atoms with Crippen molar-refractivity contribution in [3.63, 3.8) is 0 Å². The summed E-state index contributed by atoms with van der Waals surface area (Å²) >= 11 is 3.55. The molecule has 4 rings (SSSR count). The molecule has 2 aromatic heterocycles. The molecule has 0 radical (unpaired) electrons. The molecule has 146 valence electrons. The molecule has 0 aliphatic carbocycles. The number of anilines is 2.